The maximum atomic E-state index is 5.91. The van der Waals surface area contributed by atoms with E-state index in [-0.39, 0.29) is 11.3 Å². The number of nitrogens with zero attached hydrogens (tertiary/aromatic N) is 6. The first kappa shape index (κ1) is 14.2. The number of ether oxygens (including phenoxy) is 1. The van der Waals surface area contributed by atoms with Crippen LogP contribution in [0.3, 0.4) is 0 Å². The number of hydrogen-bond acceptors (Lipinski definition) is 6. The van der Waals surface area contributed by atoms with Gasteiger partial charge in [-0.15, -0.1) is 0 Å². The third-order valence-corrected chi connectivity index (χ3v) is 3.57. The van der Waals surface area contributed by atoms with Crippen molar-refractivity contribution < 1.29 is 4.74 Å². The molecule has 0 radical (unpaired) electrons. The van der Waals surface area contributed by atoms with Crippen LogP contribution in [-0.4, -0.2) is 55.6 Å². The van der Waals surface area contributed by atoms with Crippen LogP contribution in [0.4, 0.5) is 0 Å². The van der Waals surface area contributed by atoms with Gasteiger partial charge in [0.15, 0.2) is 0 Å². The van der Waals surface area contributed by atoms with Crippen molar-refractivity contribution in [3.63, 3.8) is 0 Å². The summed E-state index contributed by atoms with van der Waals surface area (Å²) in [5.74, 6) is 0.403. The Morgan fingerprint density at radius 2 is 2.00 bits per heavy atom. The van der Waals surface area contributed by atoms with E-state index in [1.54, 1.807) is 23.3 Å². The summed E-state index contributed by atoms with van der Waals surface area (Å²) in [6.07, 6.45) is 8.85. The van der Waals surface area contributed by atoms with Crippen molar-refractivity contribution >= 4 is 11.6 Å². The van der Waals surface area contributed by atoms with Crippen molar-refractivity contribution in [3.8, 4) is 12.0 Å². The lowest BCUT2D eigenvalue weighted by molar-refractivity contribution is 0.177. The van der Waals surface area contributed by atoms with Crippen molar-refractivity contribution in [1.29, 1.82) is 0 Å². The van der Waals surface area contributed by atoms with Crippen LogP contribution in [0.2, 0.25) is 5.28 Å². The molecule has 8 heteroatoms. The molecule has 0 unspecified atom stereocenters. The first-order valence-corrected chi connectivity index (χ1v) is 7.44. The second-order valence-corrected chi connectivity index (χ2v) is 5.25. The molecular formula is C13H17ClN6O. The Bertz CT molecular complexity index is 570. The monoisotopic (exact) mass is 308 g/mol. The Hall–Kier alpha value is -1.73. The highest BCUT2D eigenvalue weighted by Gasteiger charge is 2.11. The van der Waals surface area contributed by atoms with Crippen LogP contribution in [0.25, 0.3) is 5.95 Å². The van der Waals surface area contributed by atoms with E-state index in [1.165, 1.54) is 19.3 Å². The van der Waals surface area contributed by atoms with E-state index in [0.717, 1.165) is 19.6 Å². The fourth-order valence-corrected chi connectivity index (χ4v) is 2.48. The molecule has 21 heavy (non-hydrogen) atoms. The summed E-state index contributed by atoms with van der Waals surface area (Å²) >= 11 is 5.91. The minimum atomic E-state index is 0.113. The van der Waals surface area contributed by atoms with Gasteiger partial charge in [-0.2, -0.15) is 15.0 Å². The molecule has 0 aliphatic carbocycles. The van der Waals surface area contributed by atoms with E-state index in [2.05, 4.69) is 24.8 Å². The van der Waals surface area contributed by atoms with Crippen LogP contribution in [0, 0.1) is 0 Å². The molecular weight excluding hydrogens is 292 g/mol. The van der Waals surface area contributed by atoms with Gasteiger partial charge in [0.1, 0.15) is 12.9 Å². The van der Waals surface area contributed by atoms with Crippen LogP contribution in [0.5, 0.6) is 6.01 Å². The molecule has 112 valence electrons. The molecule has 7 nitrogen and oxygen atoms in total. The molecule has 0 spiro atoms. The highest BCUT2D eigenvalue weighted by atomic mass is 35.5. The number of piperidine rings is 1. The Labute approximate surface area is 128 Å². The van der Waals surface area contributed by atoms with E-state index < -0.39 is 0 Å². The molecule has 0 saturated carbocycles. The zero-order valence-corrected chi connectivity index (χ0v) is 12.4. The predicted molar refractivity (Wildman–Crippen MR) is 77.7 cm³/mol. The molecule has 1 saturated heterocycles. The summed E-state index contributed by atoms with van der Waals surface area (Å²) in [4.78, 5) is 18.6. The molecule has 1 fully saturated rings. The van der Waals surface area contributed by atoms with Crippen LogP contribution in [0.1, 0.15) is 19.3 Å². The van der Waals surface area contributed by atoms with Gasteiger partial charge >= 0.3 is 6.01 Å². The smallest absolute Gasteiger partial charge is 0.322 e. The molecule has 2 aromatic heterocycles. The van der Waals surface area contributed by atoms with E-state index in [4.69, 9.17) is 16.3 Å². The number of rotatable bonds is 5. The Kier molecular flexibility index (Phi) is 4.62. The largest absolute Gasteiger partial charge is 0.462 e. The Morgan fingerprint density at radius 3 is 2.76 bits per heavy atom. The first-order chi connectivity index (χ1) is 10.3. The van der Waals surface area contributed by atoms with E-state index in [0.29, 0.717) is 12.6 Å². The first-order valence-electron chi connectivity index (χ1n) is 7.06. The highest BCUT2D eigenvalue weighted by Crippen LogP contribution is 2.12. The lowest BCUT2D eigenvalue weighted by Crippen LogP contribution is -2.33. The van der Waals surface area contributed by atoms with Crippen molar-refractivity contribution in [3.05, 3.63) is 24.0 Å². The van der Waals surface area contributed by atoms with Crippen molar-refractivity contribution in [2.24, 2.45) is 0 Å². The lowest BCUT2D eigenvalue weighted by atomic mass is 10.1. The van der Waals surface area contributed by atoms with E-state index >= 15 is 0 Å². The molecule has 0 aromatic carbocycles. The van der Waals surface area contributed by atoms with Crippen LogP contribution in [0.15, 0.2) is 18.7 Å². The van der Waals surface area contributed by atoms with Gasteiger partial charge in [0.05, 0.1) is 0 Å². The number of aromatic nitrogens is 5. The third kappa shape index (κ3) is 3.89. The van der Waals surface area contributed by atoms with Gasteiger partial charge in [0.2, 0.25) is 11.2 Å². The van der Waals surface area contributed by atoms with E-state index in [9.17, 15) is 0 Å². The number of likely N-dealkylation sites (tertiary alicyclic amines) is 1. The Balaban J connectivity index is 1.60. The molecule has 0 bridgehead atoms. The standard InChI is InChI=1S/C13H17ClN6O/c14-11-16-12(20-7-4-15-10-20)18-13(17-11)21-9-8-19-5-2-1-3-6-19/h4,7,10H,1-3,5-6,8-9H2. The molecule has 0 atom stereocenters. The Morgan fingerprint density at radius 1 is 1.14 bits per heavy atom. The average molecular weight is 309 g/mol. The normalized spacial score (nSPS) is 16.0. The zero-order valence-electron chi connectivity index (χ0n) is 11.7. The van der Waals surface area contributed by atoms with Gasteiger partial charge in [-0.25, -0.2) is 4.98 Å². The molecule has 1 aliphatic heterocycles. The summed E-state index contributed by atoms with van der Waals surface area (Å²) in [6.45, 7) is 3.70. The van der Waals surface area contributed by atoms with Crippen LogP contribution >= 0.6 is 11.6 Å². The van der Waals surface area contributed by atoms with Crippen LogP contribution in [-0.2, 0) is 0 Å². The minimum Gasteiger partial charge on any atom is -0.462 e. The SMILES string of the molecule is Clc1nc(OCCN2CCCCC2)nc(-n2ccnc2)n1. The summed E-state index contributed by atoms with van der Waals surface area (Å²) in [5.41, 5.74) is 0. The van der Waals surface area contributed by atoms with Gasteiger partial charge < -0.3 is 4.74 Å². The fourth-order valence-electron chi connectivity index (χ4n) is 2.33. The van der Waals surface area contributed by atoms with Crippen molar-refractivity contribution in [2.45, 2.75) is 19.3 Å². The van der Waals surface area contributed by atoms with Gasteiger partial charge in [-0.1, -0.05) is 6.42 Å². The summed E-state index contributed by atoms with van der Waals surface area (Å²) < 4.78 is 7.26. The van der Waals surface area contributed by atoms with Crippen molar-refractivity contribution in [1.82, 2.24) is 29.4 Å². The number of hydrogen-bond donors (Lipinski definition) is 0. The highest BCUT2D eigenvalue weighted by molar-refractivity contribution is 6.28. The topological polar surface area (TPSA) is 69.0 Å². The van der Waals surface area contributed by atoms with Gasteiger partial charge in [-0.3, -0.25) is 9.47 Å². The summed E-state index contributed by atoms with van der Waals surface area (Å²) in [6, 6.07) is 0.246. The molecule has 3 heterocycles. The average Bonchev–Trinajstić information content (AvgIpc) is 3.02. The molecule has 2 aromatic rings. The molecule has 0 N–H and O–H groups in total. The molecule has 1 aliphatic rings. The second-order valence-electron chi connectivity index (χ2n) is 4.91. The quantitative estimate of drug-likeness (QED) is 0.835. The van der Waals surface area contributed by atoms with E-state index in [1.807, 2.05) is 0 Å². The summed E-state index contributed by atoms with van der Waals surface area (Å²) in [5, 5.41) is 0.113. The molecule has 3 rings (SSSR count). The van der Waals surface area contributed by atoms with Crippen molar-refractivity contribution in [2.75, 3.05) is 26.2 Å². The fraction of sp³-hybridized carbons (Fsp3) is 0.538. The predicted octanol–water partition coefficient (Wildman–Crippen LogP) is 1.58. The summed E-state index contributed by atoms with van der Waals surface area (Å²) in [7, 11) is 0. The maximum Gasteiger partial charge on any atom is 0.322 e. The van der Waals surface area contributed by atoms with Gasteiger partial charge in [-0.05, 0) is 37.5 Å². The van der Waals surface area contributed by atoms with Crippen LogP contribution < -0.4 is 4.74 Å². The number of imidazole rings is 1. The molecule has 0 amide bonds. The van der Waals surface area contributed by atoms with Gasteiger partial charge in [0.25, 0.3) is 0 Å². The second kappa shape index (κ2) is 6.82. The maximum absolute atomic E-state index is 5.91. The lowest BCUT2D eigenvalue weighted by Gasteiger charge is -2.25. The van der Waals surface area contributed by atoms with Gasteiger partial charge in [0, 0.05) is 18.9 Å². The minimum absolute atomic E-state index is 0.113. The number of halogens is 1. The zero-order chi connectivity index (χ0) is 14.5. The third-order valence-electron chi connectivity index (χ3n) is 3.40.